The minimum absolute atomic E-state index is 1.04. The van der Waals surface area contributed by atoms with Crippen molar-refractivity contribution in [2.45, 2.75) is 65.2 Å². The van der Waals surface area contributed by atoms with Gasteiger partial charge in [-0.15, -0.1) is 0 Å². The van der Waals surface area contributed by atoms with Gasteiger partial charge in [-0.25, -0.2) is 0 Å². The lowest BCUT2D eigenvalue weighted by molar-refractivity contribution is 0.586. The summed E-state index contributed by atoms with van der Waals surface area (Å²) in [6.45, 7) is 4.53. The van der Waals surface area contributed by atoms with Crippen molar-refractivity contribution < 1.29 is 0 Å². The smallest absolute Gasteiger partial charge is 0.0201 e. The summed E-state index contributed by atoms with van der Waals surface area (Å²) in [7, 11) is 2.19. The van der Waals surface area contributed by atoms with E-state index in [2.05, 4.69) is 38.1 Å². The lowest BCUT2D eigenvalue weighted by Gasteiger charge is -2.06. The second kappa shape index (κ2) is 11.9. The largest absolute Gasteiger partial charge is 0.0946 e. The van der Waals surface area contributed by atoms with E-state index in [1.807, 2.05) is 0 Å². The summed E-state index contributed by atoms with van der Waals surface area (Å²) in [5.74, 6) is 0. The van der Waals surface area contributed by atoms with Gasteiger partial charge in [0.05, 0.1) is 0 Å². The third kappa shape index (κ3) is 8.78. The molecule has 108 valence electrons. The van der Waals surface area contributed by atoms with Gasteiger partial charge in [-0.2, -0.15) is 0 Å². The molecule has 0 amide bonds. The van der Waals surface area contributed by atoms with Gasteiger partial charge in [0, 0.05) is 0 Å². The van der Waals surface area contributed by atoms with Gasteiger partial charge in [0.2, 0.25) is 0 Å². The zero-order chi connectivity index (χ0) is 13.8. The number of rotatable bonds is 11. The molecule has 19 heavy (non-hydrogen) atoms. The molecule has 1 aromatic carbocycles. The average molecular weight is 296 g/mol. The van der Waals surface area contributed by atoms with Crippen LogP contribution >= 0.6 is 16.5 Å². The Kier molecular flexibility index (Phi) is 10.7. The zero-order valence-electron chi connectivity index (χ0n) is 12.7. The van der Waals surface area contributed by atoms with Crippen LogP contribution in [-0.2, 0) is 0 Å². The number of unbranched alkanes of at least 4 members (excludes halogenated alkanes) is 7. The minimum atomic E-state index is 1.04. The van der Waals surface area contributed by atoms with Gasteiger partial charge in [0.15, 0.2) is 0 Å². The molecular formula is C17H30P2. The van der Waals surface area contributed by atoms with Crippen molar-refractivity contribution in [3.8, 4) is 0 Å². The first-order valence-electron chi connectivity index (χ1n) is 7.89. The predicted octanol–water partition coefficient (Wildman–Crippen LogP) is 6.03. The minimum Gasteiger partial charge on any atom is -0.0946 e. The van der Waals surface area contributed by atoms with Crippen LogP contribution in [0.4, 0.5) is 0 Å². The molecule has 0 aliphatic carbocycles. The van der Waals surface area contributed by atoms with Crippen molar-refractivity contribution in [3.05, 3.63) is 29.8 Å². The van der Waals surface area contributed by atoms with Crippen molar-refractivity contribution >= 4 is 21.8 Å². The molecule has 0 aromatic heterocycles. The second-order valence-corrected chi connectivity index (χ2v) is 8.79. The van der Waals surface area contributed by atoms with Crippen molar-refractivity contribution in [1.82, 2.24) is 0 Å². The number of hydrogen-bond donors (Lipinski definition) is 0. The summed E-state index contributed by atoms with van der Waals surface area (Å²) in [5.41, 5.74) is 1.48. The maximum atomic E-state index is 2.30. The fraction of sp³-hybridized carbons (Fsp3) is 0.647. The van der Waals surface area contributed by atoms with E-state index in [9.17, 15) is 0 Å². The summed E-state index contributed by atoms with van der Waals surface area (Å²) >= 11 is 0. The third-order valence-electron chi connectivity index (χ3n) is 3.52. The van der Waals surface area contributed by atoms with Crippen LogP contribution in [-0.4, -0.2) is 6.16 Å². The van der Waals surface area contributed by atoms with E-state index < -0.39 is 0 Å². The molecule has 0 N–H and O–H groups in total. The Hall–Kier alpha value is 0.0800. The van der Waals surface area contributed by atoms with Crippen molar-refractivity contribution in [2.24, 2.45) is 0 Å². The Morgan fingerprint density at radius 1 is 0.842 bits per heavy atom. The van der Waals surface area contributed by atoms with Crippen molar-refractivity contribution in [2.75, 3.05) is 6.16 Å². The SMILES string of the molecule is CCCCCCCCCCPPc1ccccc1C. The highest BCUT2D eigenvalue weighted by Crippen LogP contribution is 2.37. The van der Waals surface area contributed by atoms with Gasteiger partial charge in [-0.05, 0) is 30.4 Å². The zero-order valence-corrected chi connectivity index (χ0v) is 14.7. The van der Waals surface area contributed by atoms with Crippen LogP contribution < -0.4 is 5.30 Å². The van der Waals surface area contributed by atoms with Crippen LogP contribution in [0.15, 0.2) is 24.3 Å². The van der Waals surface area contributed by atoms with Crippen molar-refractivity contribution in [1.29, 1.82) is 0 Å². The van der Waals surface area contributed by atoms with Crippen LogP contribution in [0.1, 0.15) is 63.9 Å². The van der Waals surface area contributed by atoms with Gasteiger partial charge in [0.25, 0.3) is 0 Å². The molecule has 2 unspecified atom stereocenters. The lowest BCUT2D eigenvalue weighted by atomic mass is 10.1. The molecule has 1 rings (SSSR count). The topological polar surface area (TPSA) is 0 Å². The van der Waals surface area contributed by atoms with E-state index in [0.717, 1.165) is 16.5 Å². The average Bonchev–Trinajstić information content (AvgIpc) is 2.43. The molecule has 0 radical (unpaired) electrons. The molecule has 0 nitrogen and oxygen atoms in total. The van der Waals surface area contributed by atoms with E-state index in [1.54, 1.807) is 5.30 Å². The summed E-state index contributed by atoms with van der Waals surface area (Å²) in [6, 6.07) is 8.86. The Morgan fingerprint density at radius 3 is 2.16 bits per heavy atom. The third-order valence-corrected chi connectivity index (χ3v) is 7.22. The molecule has 0 spiro atoms. The number of benzene rings is 1. The normalized spacial score (nSPS) is 12.1. The van der Waals surface area contributed by atoms with Crippen LogP contribution in [0.3, 0.4) is 0 Å². The predicted molar refractivity (Wildman–Crippen MR) is 94.9 cm³/mol. The summed E-state index contributed by atoms with van der Waals surface area (Å²) in [4.78, 5) is 0. The molecule has 2 atom stereocenters. The molecule has 2 heteroatoms. The first-order chi connectivity index (χ1) is 9.34. The first kappa shape index (κ1) is 17.1. The van der Waals surface area contributed by atoms with E-state index >= 15 is 0 Å². The Labute approximate surface area is 123 Å². The summed E-state index contributed by atoms with van der Waals surface area (Å²) < 4.78 is 0. The molecular weight excluding hydrogens is 266 g/mol. The van der Waals surface area contributed by atoms with Gasteiger partial charge in [0.1, 0.15) is 0 Å². The second-order valence-electron chi connectivity index (χ2n) is 5.34. The maximum Gasteiger partial charge on any atom is -0.0201 e. The highest BCUT2D eigenvalue weighted by molar-refractivity contribution is 8.15. The monoisotopic (exact) mass is 296 g/mol. The van der Waals surface area contributed by atoms with Crippen LogP contribution in [0.5, 0.6) is 0 Å². The molecule has 0 heterocycles. The fourth-order valence-electron chi connectivity index (χ4n) is 2.22. The molecule has 0 fully saturated rings. The maximum absolute atomic E-state index is 2.30. The molecule has 0 saturated carbocycles. The highest BCUT2D eigenvalue weighted by atomic mass is 32.0. The number of hydrogen-bond acceptors (Lipinski definition) is 0. The van der Waals surface area contributed by atoms with E-state index in [0.29, 0.717) is 0 Å². The van der Waals surface area contributed by atoms with Crippen LogP contribution in [0.25, 0.3) is 0 Å². The Bertz CT molecular complexity index is 323. The van der Waals surface area contributed by atoms with Gasteiger partial charge < -0.3 is 0 Å². The molecule has 1 aromatic rings. The van der Waals surface area contributed by atoms with Gasteiger partial charge in [-0.1, -0.05) is 92.7 Å². The summed E-state index contributed by atoms with van der Waals surface area (Å²) in [6.07, 6.45) is 13.0. The van der Waals surface area contributed by atoms with Crippen molar-refractivity contribution in [3.63, 3.8) is 0 Å². The van der Waals surface area contributed by atoms with Gasteiger partial charge in [-0.3, -0.25) is 0 Å². The molecule has 0 bridgehead atoms. The van der Waals surface area contributed by atoms with E-state index in [-0.39, 0.29) is 0 Å². The fourth-order valence-corrected chi connectivity index (χ4v) is 5.74. The Morgan fingerprint density at radius 2 is 1.47 bits per heavy atom. The molecule has 0 saturated heterocycles. The first-order valence-corrected chi connectivity index (χ1v) is 11.1. The molecule has 0 aliphatic heterocycles. The highest BCUT2D eigenvalue weighted by Gasteiger charge is 1.97. The lowest BCUT2D eigenvalue weighted by Crippen LogP contribution is -1.96. The van der Waals surface area contributed by atoms with Crippen LogP contribution in [0, 0.1) is 6.92 Å². The van der Waals surface area contributed by atoms with E-state index in [4.69, 9.17) is 0 Å². The standard InChI is InChI=1S/C17H30P2/c1-3-4-5-6-7-8-9-12-15-18-19-17-14-11-10-13-16(17)2/h10-11,13-14,18-19H,3-9,12,15H2,1-2H3. The summed E-state index contributed by atoms with van der Waals surface area (Å²) in [5, 5.41) is 1.58. The molecule has 0 aliphatic rings. The van der Waals surface area contributed by atoms with E-state index in [1.165, 1.54) is 63.1 Å². The quantitative estimate of drug-likeness (QED) is 0.345. The number of aryl methyl sites for hydroxylation is 1. The van der Waals surface area contributed by atoms with Crippen LogP contribution in [0.2, 0.25) is 0 Å². The van der Waals surface area contributed by atoms with Gasteiger partial charge >= 0.3 is 0 Å². The Balaban J connectivity index is 1.90.